The van der Waals surface area contributed by atoms with Crippen LogP contribution in [-0.4, -0.2) is 47.4 Å². The van der Waals surface area contributed by atoms with Crippen LogP contribution in [0.1, 0.15) is 431 Å². The van der Waals surface area contributed by atoms with Crippen molar-refractivity contribution < 1.29 is 24.5 Å². The van der Waals surface area contributed by atoms with E-state index in [4.69, 9.17) is 4.74 Å². The molecule has 1 amide bonds. The van der Waals surface area contributed by atoms with Crippen molar-refractivity contribution in [1.82, 2.24) is 5.32 Å². The van der Waals surface area contributed by atoms with E-state index in [9.17, 15) is 19.8 Å². The molecule has 0 aromatic heterocycles. The highest BCUT2D eigenvalue weighted by atomic mass is 16.5. The zero-order valence-electron chi connectivity index (χ0n) is 54.2. The van der Waals surface area contributed by atoms with Crippen LogP contribution in [0, 0.1) is 0 Å². The van der Waals surface area contributed by atoms with Gasteiger partial charge in [0.2, 0.25) is 5.91 Å². The number of aliphatic hydroxyl groups excluding tert-OH is 2. The first-order chi connectivity index (χ1) is 39.0. The zero-order chi connectivity index (χ0) is 57.1. The number of carbonyl (C=O) groups excluding carboxylic acids is 2. The lowest BCUT2D eigenvalue weighted by Gasteiger charge is -2.22. The van der Waals surface area contributed by atoms with Crippen LogP contribution in [0.15, 0.2) is 0 Å². The average Bonchev–Trinajstić information content (AvgIpc) is 3.45. The molecular formula is C73H145NO5. The Morgan fingerprint density at radius 3 is 0.772 bits per heavy atom. The van der Waals surface area contributed by atoms with Gasteiger partial charge in [0.15, 0.2) is 0 Å². The van der Waals surface area contributed by atoms with E-state index in [2.05, 4.69) is 19.2 Å². The van der Waals surface area contributed by atoms with Crippen molar-refractivity contribution >= 4 is 11.9 Å². The SMILES string of the molecule is CCCCCCCCCCCCCCCCCCCCC(O)C(CO)NC(=O)CCCCCCCCCCCCCCCCCCCCCCCCCCCCCCCCCCCOC(=O)CCCCCCCCCCCCC. The van der Waals surface area contributed by atoms with Gasteiger partial charge >= 0.3 is 5.97 Å². The molecule has 0 bridgehead atoms. The molecule has 0 aromatic rings. The number of carbonyl (C=O) groups is 2. The summed E-state index contributed by atoms with van der Waals surface area (Å²) in [7, 11) is 0. The quantitative estimate of drug-likeness (QED) is 0.0417. The first kappa shape index (κ1) is 77.9. The third-order valence-corrected chi connectivity index (χ3v) is 17.7. The minimum Gasteiger partial charge on any atom is -0.466 e. The number of hydrogen-bond donors (Lipinski definition) is 3. The molecule has 3 N–H and O–H groups in total. The molecule has 0 saturated carbocycles. The van der Waals surface area contributed by atoms with Crippen molar-refractivity contribution in [3.63, 3.8) is 0 Å². The van der Waals surface area contributed by atoms with E-state index in [0.717, 1.165) is 38.5 Å². The summed E-state index contributed by atoms with van der Waals surface area (Å²) in [6, 6.07) is -0.537. The lowest BCUT2D eigenvalue weighted by molar-refractivity contribution is -0.143. The van der Waals surface area contributed by atoms with Crippen molar-refractivity contribution in [2.45, 2.75) is 443 Å². The van der Waals surface area contributed by atoms with E-state index in [-0.39, 0.29) is 18.5 Å². The third-order valence-electron chi connectivity index (χ3n) is 17.7. The van der Waals surface area contributed by atoms with Gasteiger partial charge in [-0.25, -0.2) is 0 Å². The number of nitrogens with one attached hydrogen (secondary N) is 1. The summed E-state index contributed by atoms with van der Waals surface area (Å²) in [5, 5.41) is 23.4. The second-order valence-electron chi connectivity index (χ2n) is 25.6. The van der Waals surface area contributed by atoms with Crippen LogP contribution >= 0.6 is 0 Å². The largest absolute Gasteiger partial charge is 0.466 e. The van der Waals surface area contributed by atoms with Crippen molar-refractivity contribution in [1.29, 1.82) is 0 Å². The number of aliphatic hydroxyl groups is 2. The topological polar surface area (TPSA) is 95.9 Å². The van der Waals surface area contributed by atoms with Crippen LogP contribution in [0.25, 0.3) is 0 Å². The molecule has 6 heteroatoms. The summed E-state index contributed by atoms with van der Waals surface area (Å²) < 4.78 is 5.48. The predicted octanol–water partition coefficient (Wildman–Crippen LogP) is 23.8. The van der Waals surface area contributed by atoms with Gasteiger partial charge in [0, 0.05) is 12.8 Å². The highest BCUT2D eigenvalue weighted by molar-refractivity contribution is 5.76. The highest BCUT2D eigenvalue weighted by Crippen LogP contribution is 2.20. The summed E-state index contributed by atoms with van der Waals surface area (Å²) >= 11 is 0. The molecular weight excluding hydrogens is 971 g/mol. The Hall–Kier alpha value is -1.14. The fourth-order valence-electron chi connectivity index (χ4n) is 12.1. The number of ether oxygens (including phenoxy) is 1. The molecule has 2 atom stereocenters. The molecule has 0 aliphatic heterocycles. The van der Waals surface area contributed by atoms with Gasteiger partial charge in [-0.05, 0) is 25.7 Å². The number of amides is 1. The van der Waals surface area contributed by atoms with Gasteiger partial charge in [-0.1, -0.05) is 393 Å². The Kier molecular flexibility index (Phi) is 68.4. The molecule has 0 heterocycles. The van der Waals surface area contributed by atoms with Crippen molar-refractivity contribution in [3.05, 3.63) is 0 Å². The van der Waals surface area contributed by atoms with Gasteiger partial charge in [-0.2, -0.15) is 0 Å². The van der Waals surface area contributed by atoms with Crippen molar-refractivity contribution in [2.24, 2.45) is 0 Å². The number of unbranched alkanes of at least 4 members (excludes halogenated alkanes) is 59. The molecule has 2 unspecified atom stereocenters. The van der Waals surface area contributed by atoms with Crippen molar-refractivity contribution in [3.8, 4) is 0 Å². The van der Waals surface area contributed by atoms with E-state index >= 15 is 0 Å². The minimum atomic E-state index is -0.660. The minimum absolute atomic E-state index is 0.0225. The maximum Gasteiger partial charge on any atom is 0.305 e. The molecule has 0 aliphatic rings. The molecule has 0 saturated heterocycles. The van der Waals surface area contributed by atoms with E-state index < -0.39 is 12.1 Å². The van der Waals surface area contributed by atoms with Crippen molar-refractivity contribution in [2.75, 3.05) is 13.2 Å². The van der Waals surface area contributed by atoms with Crippen LogP contribution in [0.5, 0.6) is 0 Å². The smallest absolute Gasteiger partial charge is 0.305 e. The van der Waals surface area contributed by atoms with Gasteiger partial charge in [0.25, 0.3) is 0 Å². The molecule has 79 heavy (non-hydrogen) atoms. The van der Waals surface area contributed by atoms with Gasteiger partial charge in [-0.3, -0.25) is 9.59 Å². The molecule has 6 nitrogen and oxygen atoms in total. The van der Waals surface area contributed by atoms with Crippen LogP contribution in [0.3, 0.4) is 0 Å². The number of rotatable bonds is 70. The van der Waals surface area contributed by atoms with Crippen LogP contribution < -0.4 is 5.32 Å². The third kappa shape index (κ3) is 65.9. The van der Waals surface area contributed by atoms with Crippen LogP contribution in [0.4, 0.5) is 0 Å². The molecule has 0 rings (SSSR count). The molecule has 0 aromatic carbocycles. The van der Waals surface area contributed by atoms with E-state index in [1.807, 2.05) is 0 Å². The fraction of sp³-hybridized carbons (Fsp3) is 0.973. The molecule has 0 aliphatic carbocycles. The lowest BCUT2D eigenvalue weighted by Crippen LogP contribution is -2.45. The molecule has 0 spiro atoms. The molecule has 472 valence electrons. The predicted molar refractivity (Wildman–Crippen MR) is 347 cm³/mol. The van der Waals surface area contributed by atoms with E-state index in [1.54, 1.807) is 0 Å². The summed E-state index contributed by atoms with van der Waals surface area (Å²) in [5.41, 5.74) is 0. The van der Waals surface area contributed by atoms with E-state index in [1.165, 1.54) is 360 Å². The van der Waals surface area contributed by atoms with Gasteiger partial charge in [0.05, 0.1) is 25.4 Å². The van der Waals surface area contributed by atoms with Gasteiger partial charge in [-0.15, -0.1) is 0 Å². The van der Waals surface area contributed by atoms with Crippen LogP contribution in [0.2, 0.25) is 0 Å². The summed E-state index contributed by atoms with van der Waals surface area (Å²) in [6.07, 6.45) is 84.6. The lowest BCUT2D eigenvalue weighted by atomic mass is 10.0. The fourth-order valence-corrected chi connectivity index (χ4v) is 12.1. The van der Waals surface area contributed by atoms with E-state index in [0.29, 0.717) is 25.9 Å². The first-order valence-corrected chi connectivity index (χ1v) is 36.8. The summed E-state index contributed by atoms with van der Waals surface area (Å²) in [4.78, 5) is 24.6. The number of esters is 1. The zero-order valence-corrected chi connectivity index (χ0v) is 54.2. The maximum absolute atomic E-state index is 12.5. The van der Waals surface area contributed by atoms with Gasteiger partial charge in [0.1, 0.15) is 0 Å². The molecule has 0 fully saturated rings. The molecule has 0 radical (unpaired) electrons. The summed E-state index contributed by atoms with van der Waals surface area (Å²) in [5.74, 6) is -0.00265. The first-order valence-electron chi connectivity index (χ1n) is 36.8. The second-order valence-corrected chi connectivity index (χ2v) is 25.6. The average molecular weight is 1120 g/mol. The monoisotopic (exact) mass is 1120 g/mol. The Balaban J connectivity index is 3.31. The number of hydrogen-bond acceptors (Lipinski definition) is 5. The maximum atomic E-state index is 12.5. The summed E-state index contributed by atoms with van der Waals surface area (Å²) in [6.45, 7) is 5.00. The van der Waals surface area contributed by atoms with Crippen LogP contribution in [-0.2, 0) is 14.3 Å². The second kappa shape index (κ2) is 69.4. The Morgan fingerprint density at radius 2 is 0.519 bits per heavy atom. The Labute approximate surface area is 496 Å². The van der Waals surface area contributed by atoms with Gasteiger partial charge < -0.3 is 20.3 Å². The highest BCUT2D eigenvalue weighted by Gasteiger charge is 2.20. The normalized spacial score (nSPS) is 12.4. The Morgan fingerprint density at radius 1 is 0.304 bits per heavy atom. The Bertz CT molecular complexity index is 1150. The standard InChI is InChI=1S/C73H145NO5/c1-3-5-7-9-11-13-15-16-17-18-36-39-42-46-49-53-57-61-65-71(76)70(69-75)74-72(77)66-62-58-54-50-47-43-40-37-34-32-30-28-26-24-22-20-19-21-23-25-27-29-31-33-35-38-41-44-48-52-56-60-64-68-79-73(78)67-63-59-55-51-45-14-12-10-8-6-4-2/h70-71,75-76H,3-69H2,1-2H3,(H,74,77).